The Labute approximate surface area is 282 Å². The van der Waals surface area contributed by atoms with E-state index in [1.165, 1.54) is 0 Å². The van der Waals surface area contributed by atoms with Gasteiger partial charge in [-0.15, -0.1) is 0 Å². The lowest BCUT2D eigenvalue weighted by atomic mass is 9.63. The standard InChI is InChI=1S/C35H38BrCl2NO6/c1-6-44-28-12-20(11-22(36)33(28)45-18-19-7-8-21(37)13-23(19)38)30-31-24(14-34(2,3)16-26(31)40)39(10-9-29(42)43)25-15-35(4,5)17-27(41)32(25)30/h7-8,11-13,30H,6,9-10,14-18H2,1-5H3,(H,42,43). The Morgan fingerprint density at radius 1 is 0.956 bits per heavy atom. The second kappa shape index (κ2) is 12.8. The van der Waals surface area contributed by atoms with Crippen LogP contribution in [0.25, 0.3) is 0 Å². The van der Waals surface area contributed by atoms with Crippen molar-refractivity contribution in [2.24, 2.45) is 10.8 Å². The van der Waals surface area contributed by atoms with E-state index in [-0.39, 0.29) is 42.0 Å². The zero-order valence-corrected chi connectivity index (χ0v) is 29.3. The fourth-order valence-corrected chi connectivity index (χ4v) is 7.84. The maximum Gasteiger partial charge on any atom is 0.305 e. The van der Waals surface area contributed by atoms with Crippen molar-refractivity contribution in [3.63, 3.8) is 0 Å². The molecular weight excluding hydrogens is 681 g/mol. The summed E-state index contributed by atoms with van der Waals surface area (Å²) in [6.07, 6.45) is 1.75. The molecule has 45 heavy (non-hydrogen) atoms. The lowest BCUT2D eigenvalue weighted by Crippen LogP contribution is -2.45. The number of hydrogen-bond acceptors (Lipinski definition) is 6. The van der Waals surface area contributed by atoms with Crippen LogP contribution in [0, 0.1) is 10.8 Å². The number of ether oxygens (including phenoxy) is 2. The first kappa shape index (κ1) is 33.6. The van der Waals surface area contributed by atoms with Crippen LogP contribution in [0.15, 0.2) is 57.3 Å². The van der Waals surface area contributed by atoms with Gasteiger partial charge in [0.15, 0.2) is 23.1 Å². The summed E-state index contributed by atoms with van der Waals surface area (Å²) >= 11 is 16.2. The summed E-state index contributed by atoms with van der Waals surface area (Å²) in [4.78, 5) is 41.9. The quantitative estimate of drug-likeness (QED) is 0.277. The molecule has 0 fully saturated rings. The van der Waals surface area contributed by atoms with Crippen LogP contribution in [0.5, 0.6) is 11.5 Å². The van der Waals surface area contributed by atoms with Gasteiger partial charge in [0.2, 0.25) is 0 Å². The topological polar surface area (TPSA) is 93.1 Å². The lowest BCUT2D eigenvalue weighted by Gasteiger charge is -2.49. The largest absolute Gasteiger partial charge is 0.490 e. The Balaban J connectivity index is 1.67. The van der Waals surface area contributed by atoms with Gasteiger partial charge in [0.05, 0.1) is 17.5 Å². The van der Waals surface area contributed by atoms with E-state index >= 15 is 0 Å². The fraction of sp³-hybridized carbons (Fsp3) is 0.457. The second-order valence-corrected chi connectivity index (χ2v) is 15.3. The predicted octanol–water partition coefficient (Wildman–Crippen LogP) is 8.89. The van der Waals surface area contributed by atoms with E-state index in [2.05, 4.69) is 43.6 Å². The lowest BCUT2D eigenvalue weighted by molar-refractivity contribution is -0.137. The number of aliphatic carboxylic acids is 1. The normalized spacial score (nSPS) is 19.4. The summed E-state index contributed by atoms with van der Waals surface area (Å²) in [5.74, 6) is -0.647. The molecule has 0 aromatic heterocycles. The highest BCUT2D eigenvalue weighted by molar-refractivity contribution is 9.10. The average molecular weight is 720 g/mol. The van der Waals surface area contributed by atoms with Gasteiger partial charge in [-0.1, -0.05) is 57.0 Å². The molecule has 5 rings (SSSR count). The zero-order chi connectivity index (χ0) is 32.8. The number of carbonyl (C=O) groups excluding carboxylic acids is 2. The monoisotopic (exact) mass is 717 g/mol. The van der Waals surface area contributed by atoms with Crippen LogP contribution in [-0.4, -0.2) is 40.7 Å². The van der Waals surface area contributed by atoms with Crippen LogP contribution in [0.4, 0.5) is 0 Å². The molecule has 0 amide bonds. The Morgan fingerprint density at radius 3 is 2.09 bits per heavy atom. The molecule has 2 aliphatic carbocycles. The Hall–Kier alpha value is -2.81. The van der Waals surface area contributed by atoms with Gasteiger partial charge in [0, 0.05) is 63.5 Å². The summed E-state index contributed by atoms with van der Waals surface area (Å²) in [6, 6.07) is 8.97. The molecule has 2 aromatic rings. The SMILES string of the molecule is CCOc1cc(C2C3=C(CC(C)(C)CC3=O)N(CCC(=O)O)C3=C2C(=O)CC(C)(C)C3)cc(Br)c1OCc1ccc(Cl)cc1Cl. The van der Waals surface area contributed by atoms with Crippen molar-refractivity contribution in [1.82, 2.24) is 4.90 Å². The molecule has 0 radical (unpaired) electrons. The van der Waals surface area contributed by atoms with E-state index in [1.807, 2.05) is 24.0 Å². The highest BCUT2D eigenvalue weighted by Crippen LogP contribution is 2.55. The highest BCUT2D eigenvalue weighted by atomic mass is 79.9. The van der Waals surface area contributed by atoms with E-state index < -0.39 is 11.9 Å². The van der Waals surface area contributed by atoms with Crippen molar-refractivity contribution in [1.29, 1.82) is 0 Å². The first-order chi connectivity index (χ1) is 21.1. The molecule has 2 aromatic carbocycles. The van der Waals surface area contributed by atoms with Gasteiger partial charge in [-0.25, -0.2) is 0 Å². The first-order valence-electron chi connectivity index (χ1n) is 15.2. The number of Topliss-reactive ketones (excluding diaryl/α,β-unsaturated/α-hetero) is 2. The van der Waals surface area contributed by atoms with E-state index in [0.717, 1.165) is 22.5 Å². The Bertz CT molecular complexity index is 1590. The van der Waals surface area contributed by atoms with Crippen molar-refractivity contribution >= 4 is 56.7 Å². The molecule has 0 unspecified atom stereocenters. The van der Waals surface area contributed by atoms with Gasteiger partial charge in [0.1, 0.15) is 6.61 Å². The molecule has 0 bridgehead atoms. The molecule has 240 valence electrons. The number of ketones is 2. The number of benzene rings is 2. The van der Waals surface area contributed by atoms with Gasteiger partial charge in [-0.05, 0) is 76.4 Å². The third kappa shape index (κ3) is 6.98. The summed E-state index contributed by atoms with van der Waals surface area (Å²) in [5, 5.41) is 10.6. The van der Waals surface area contributed by atoms with Crippen molar-refractivity contribution in [3.8, 4) is 11.5 Å². The summed E-state index contributed by atoms with van der Waals surface area (Å²) in [5.41, 5.74) is 3.64. The second-order valence-electron chi connectivity index (χ2n) is 13.6. The van der Waals surface area contributed by atoms with Crippen molar-refractivity contribution in [3.05, 3.63) is 78.5 Å². The minimum atomic E-state index is -0.926. The molecule has 1 heterocycles. The van der Waals surface area contributed by atoms with E-state index in [4.69, 9.17) is 32.7 Å². The molecule has 1 N–H and O–H groups in total. The van der Waals surface area contributed by atoms with Gasteiger partial charge in [-0.3, -0.25) is 14.4 Å². The van der Waals surface area contributed by atoms with Gasteiger partial charge >= 0.3 is 5.97 Å². The van der Waals surface area contributed by atoms with Gasteiger partial charge < -0.3 is 19.5 Å². The number of halogens is 3. The first-order valence-corrected chi connectivity index (χ1v) is 16.7. The van der Waals surface area contributed by atoms with Crippen LogP contribution in [-0.2, 0) is 21.0 Å². The minimum absolute atomic E-state index is 0.0254. The summed E-state index contributed by atoms with van der Waals surface area (Å²) in [7, 11) is 0. The molecule has 7 nitrogen and oxygen atoms in total. The van der Waals surface area contributed by atoms with E-state index in [1.54, 1.807) is 18.2 Å². The van der Waals surface area contributed by atoms with Crippen LogP contribution in [0.3, 0.4) is 0 Å². The van der Waals surface area contributed by atoms with Crippen LogP contribution in [0.1, 0.15) is 83.8 Å². The fourth-order valence-electron chi connectivity index (χ4n) is 6.80. The van der Waals surface area contributed by atoms with Gasteiger partial charge in [-0.2, -0.15) is 0 Å². The molecule has 1 aliphatic heterocycles. The van der Waals surface area contributed by atoms with Crippen molar-refractivity contribution < 1.29 is 29.0 Å². The zero-order valence-electron chi connectivity index (χ0n) is 26.2. The molecule has 0 saturated heterocycles. The van der Waals surface area contributed by atoms with Gasteiger partial charge in [0.25, 0.3) is 0 Å². The highest BCUT2D eigenvalue weighted by Gasteiger charge is 2.49. The maximum atomic E-state index is 14.1. The van der Waals surface area contributed by atoms with Crippen molar-refractivity contribution in [2.45, 2.75) is 79.2 Å². The third-order valence-corrected chi connectivity index (χ3v) is 9.80. The molecular formula is C35H38BrCl2NO6. The van der Waals surface area contributed by atoms with Crippen LogP contribution >= 0.6 is 39.1 Å². The number of nitrogens with zero attached hydrogens (tertiary/aromatic N) is 1. The maximum absolute atomic E-state index is 14.1. The molecule has 0 spiro atoms. The minimum Gasteiger partial charge on any atom is -0.490 e. The van der Waals surface area contributed by atoms with Crippen LogP contribution < -0.4 is 9.47 Å². The van der Waals surface area contributed by atoms with E-state index in [9.17, 15) is 19.5 Å². The van der Waals surface area contributed by atoms with E-state index in [0.29, 0.717) is 69.5 Å². The summed E-state index contributed by atoms with van der Waals surface area (Å²) in [6.45, 7) is 10.8. The average Bonchev–Trinajstić information content (AvgIpc) is 2.90. The number of hydrogen-bond donors (Lipinski definition) is 1. The van der Waals surface area contributed by atoms with Crippen molar-refractivity contribution in [2.75, 3.05) is 13.2 Å². The molecule has 3 aliphatic rings. The Morgan fingerprint density at radius 2 is 1.56 bits per heavy atom. The predicted molar refractivity (Wildman–Crippen MR) is 178 cm³/mol. The smallest absolute Gasteiger partial charge is 0.305 e. The number of rotatable bonds is 9. The number of allylic oxidation sites excluding steroid dienone is 4. The number of carboxylic acids is 1. The third-order valence-electron chi connectivity index (χ3n) is 8.62. The molecule has 0 atom stereocenters. The molecule has 0 saturated carbocycles. The number of carbonyl (C=O) groups is 3. The Kier molecular flexibility index (Phi) is 9.52. The number of carboxylic acid groups (broad SMARTS) is 1. The van der Waals surface area contributed by atoms with Crippen LogP contribution in [0.2, 0.25) is 10.0 Å². The summed E-state index contributed by atoms with van der Waals surface area (Å²) < 4.78 is 12.9. The molecule has 10 heteroatoms.